The summed E-state index contributed by atoms with van der Waals surface area (Å²) in [5.41, 5.74) is 16.3. The van der Waals surface area contributed by atoms with E-state index in [9.17, 15) is 0 Å². The number of nitrogens with zero attached hydrogens (tertiary/aromatic N) is 2. The summed E-state index contributed by atoms with van der Waals surface area (Å²) in [7, 11) is 0. The van der Waals surface area contributed by atoms with E-state index in [0.717, 1.165) is 83.4 Å². The molecule has 0 bridgehead atoms. The van der Waals surface area contributed by atoms with Gasteiger partial charge in [0.15, 0.2) is 11.4 Å². The van der Waals surface area contributed by atoms with Gasteiger partial charge in [0.2, 0.25) is 0 Å². The number of para-hydroxylation sites is 1. The van der Waals surface area contributed by atoms with Crippen molar-refractivity contribution < 1.29 is 4.42 Å². The van der Waals surface area contributed by atoms with Crippen LogP contribution in [0.4, 0.5) is 0 Å². The molecule has 0 saturated heterocycles. The van der Waals surface area contributed by atoms with Crippen LogP contribution in [0.15, 0.2) is 211 Å². The number of hydrogen-bond acceptors (Lipinski definition) is 3. The second-order valence-corrected chi connectivity index (χ2v) is 13.9. The molecule has 0 radical (unpaired) electrons. The first-order valence-electron chi connectivity index (χ1n) is 18.9. The molecule has 3 nitrogen and oxygen atoms in total. The van der Waals surface area contributed by atoms with Crippen molar-refractivity contribution in [2.24, 2.45) is 0 Å². The van der Waals surface area contributed by atoms with Crippen molar-refractivity contribution >= 4 is 27.6 Å². The molecule has 3 heteroatoms. The van der Waals surface area contributed by atoms with E-state index >= 15 is 0 Å². The van der Waals surface area contributed by atoms with Gasteiger partial charge in [0, 0.05) is 16.5 Å². The molecule has 9 aromatic rings. The minimum Gasteiger partial charge on any atom is -0.452 e. The fourth-order valence-electron chi connectivity index (χ4n) is 7.24. The number of furan rings is 1. The lowest BCUT2D eigenvalue weighted by molar-refractivity contribution is 0.667. The second kappa shape index (κ2) is 15.2. The molecule has 56 heavy (non-hydrogen) atoms. The van der Waals surface area contributed by atoms with Gasteiger partial charge in [-0.15, -0.1) is 0 Å². The first kappa shape index (κ1) is 34.4. The summed E-state index contributed by atoms with van der Waals surface area (Å²) in [6, 6.07) is 61.5. The SMILES string of the molecule is C=C(/C=C\C=C/C)c1cc(-c2ccccc2)cc(-c2ccc(-c3cccc(-c4cccc(-c5nc(-c6ccccc6)c6oc7ccccc7c6n5)c4)c3)cc2)c1. The van der Waals surface area contributed by atoms with Crippen LogP contribution in [0, 0.1) is 0 Å². The molecule has 0 aliphatic heterocycles. The normalized spacial score (nSPS) is 11.6. The smallest absolute Gasteiger partial charge is 0.180 e. The minimum atomic E-state index is 0.661. The summed E-state index contributed by atoms with van der Waals surface area (Å²) in [5, 5.41) is 0.977. The van der Waals surface area contributed by atoms with Crippen molar-refractivity contribution in [1.29, 1.82) is 0 Å². The van der Waals surface area contributed by atoms with Crippen molar-refractivity contribution in [3.8, 4) is 67.2 Å². The lowest BCUT2D eigenvalue weighted by atomic mass is 9.92. The molecular formula is C53H38N2O. The Labute approximate surface area is 327 Å². The first-order chi connectivity index (χ1) is 27.6. The van der Waals surface area contributed by atoms with E-state index in [1.165, 1.54) is 5.56 Å². The highest BCUT2D eigenvalue weighted by molar-refractivity contribution is 6.07. The fourth-order valence-corrected chi connectivity index (χ4v) is 7.24. The third kappa shape index (κ3) is 6.90. The molecule has 0 aliphatic rings. The van der Waals surface area contributed by atoms with Crippen LogP contribution in [0.1, 0.15) is 12.5 Å². The highest BCUT2D eigenvalue weighted by atomic mass is 16.3. The Bertz CT molecular complexity index is 2920. The molecular weight excluding hydrogens is 681 g/mol. The summed E-state index contributed by atoms with van der Waals surface area (Å²) in [6.07, 6.45) is 8.14. The largest absolute Gasteiger partial charge is 0.452 e. The van der Waals surface area contributed by atoms with Gasteiger partial charge in [0.05, 0.1) is 0 Å². The van der Waals surface area contributed by atoms with E-state index in [4.69, 9.17) is 14.4 Å². The predicted octanol–water partition coefficient (Wildman–Crippen LogP) is 14.5. The molecule has 0 unspecified atom stereocenters. The average Bonchev–Trinajstić information content (AvgIpc) is 3.65. The maximum Gasteiger partial charge on any atom is 0.180 e. The van der Waals surface area contributed by atoms with E-state index in [0.29, 0.717) is 11.4 Å². The molecule has 9 rings (SSSR count). The molecule has 0 saturated carbocycles. The molecule has 0 aliphatic carbocycles. The van der Waals surface area contributed by atoms with Gasteiger partial charge < -0.3 is 4.42 Å². The zero-order chi connectivity index (χ0) is 37.8. The number of rotatable bonds is 9. The van der Waals surface area contributed by atoms with Crippen molar-refractivity contribution in [3.05, 3.63) is 212 Å². The van der Waals surface area contributed by atoms with Crippen molar-refractivity contribution in [1.82, 2.24) is 9.97 Å². The van der Waals surface area contributed by atoms with Gasteiger partial charge in [0.25, 0.3) is 0 Å². The van der Waals surface area contributed by atoms with Gasteiger partial charge in [-0.25, -0.2) is 9.97 Å². The molecule has 0 N–H and O–H groups in total. The zero-order valence-corrected chi connectivity index (χ0v) is 31.1. The van der Waals surface area contributed by atoms with Crippen LogP contribution < -0.4 is 0 Å². The Kier molecular flexibility index (Phi) is 9.32. The molecule has 0 atom stereocenters. The number of fused-ring (bicyclic) bond motifs is 3. The third-order valence-electron chi connectivity index (χ3n) is 10.1. The van der Waals surface area contributed by atoms with Gasteiger partial charge in [0.1, 0.15) is 16.8 Å². The highest BCUT2D eigenvalue weighted by Crippen LogP contribution is 2.37. The fraction of sp³-hybridized carbons (Fsp3) is 0.0189. The van der Waals surface area contributed by atoms with Crippen LogP contribution >= 0.6 is 0 Å². The first-order valence-corrected chi connectivity index (χ1v) is 18.9. The van der Waals surface area contributed by atoms with E-state index in [1.54, 1.807) is 0 Å². The topological polar surface area (TPSA) is 38.9 Å². The predicted molar refractivity (Wildman–Crippen MR) is 235 cm³/mol. The average molecular weight is 719 g/mol. The van der Waals surface area contributed by atoms with Gasteiger partial charge in [-0.05, 0) is 105 Å². The lowest BCUT2D eigenvalue weighted by Gasteiger charge is -2.12. The maximum atomic E-state index is 6.33. The highest BCUT2D eigenvalue weighted by Gasteiger charge is 2.18. The van der Waals surface area contributed by atoms with Gasteiger partial charge in [-0.2, -0.15) is 0 Å². The third-order valence-corrected chi connectivity index (χ3v) is 10.1. The molecule has 2 aromatic heterocycles. The summed E-state index contributed by atoms with van der Waals surface area (Å²) in [6.45, 7) is 6.40. The van der Waals surface area contributed by atoms with Crippen LogP contribution in [0.5, 0.6) is 0 Å². The molecule has 2 heterocycles. The lowest BCUT2D eigenvalue weighted by Crippen LogP contribution is -1.94. The summed E-state index contributed by atoms with van der Waals surface area (Å²) >= 11 is 0. The van der Waals surface area contributed by atoms with Gasteiger partial charge in [-0.1, -0.05) is 164 Å². The van der Waals surface area contributed by atoms with Crippen molar-refractivity contribution in [3.63, 3.8) is 0 Å². The summed E-state index contributed by atoms with van der Waals surface area (Å²) in [5.74, 6) is 0.661. The van der Waals surface area contributed by atoms with E-state index in [2.05, 4.69) is 152 Å². The molecule has 7 aromatic carbocycles. The van der Waals surface area contributed by atoms with Crippen LogP contribution in [0.25, 0.3) is 94.8 Å². The monoisotopic (exact) mass is 718 g/mol. The summed E-state index contributed by atoms with van der Waals surface area (Å²) in [4.78, 5) is 10.2. The molecule has 0 spiro atoms. The van der Waals surface area contributed by atoms with E-state index in [1.807, 2.05) is 61.5 Å². The number of allylic oxidation sites excluding steroid dienone is 5. The van der Waals surface area contributed by atoms with Gasteiger partial charge >= 0.3 is 0 Å². The van der Waals surface area contributed by atoms with Crippen molar-refractivity contribution in [2.45, 2.75) is 6.92 Å². The Balaban J connectivity index is 1.05. The standard InChI is InChI=1S/C53H38N2O/c1-3-4-7-16-36(2)45-33-46(37-17-8-5-9-18-37)35-47(34-45)39-29-27-38(28-30-39)41-21-14-22-42(31-41)43-23-15-24-44(32-43)53-54-50(40-19-10-6-11-20-40)52-51(55-53)48-25-12-13-26-49(48)56-52/h3-35H,2H2,1H3/b4-3-,16-7-. The quantitative estimate of drug-likeness (QED) is 0.140. The molecule has 0 amide bonds. The Morgan fingerprint density at radius 1 is 0.482 bits per heavy atom. The maximum absolute atomic E-state index is 6.33. The minimum absolute atomic E-state index is 0.661. The van der Waals surface area contributed by atoms with E-state index in [-0.39, 0.29) is 0 Å². The Hall–Kier alpha value is -7.36. The van der Waals surface area contributed by atoms with Crippen LogP contribution in [0.3, 0.4) is 0 Å². The van der Waals surface area contributed by atoms with Crippen molar-refractivity contribution in [2.75, 3.05) is 0 Å². The van der Waals surface area contributed by atoms with Gasteiger partial charge in [-0.3, -0.25) is 0 Å². The van der Waals surface area contributed by atoms with Crippen LogP contribution in [-0.4, -0.2) is 9.97 Å². The van der Waals surface area contributed by atoms with Crippen LogP contribution in [-0.2, 0) is 0 Å². The second-order valence-electron chi connectivity index (χ2n) is 13.9. The Morgan fingerprint density at radius 2 is 1.00 bits per heavy atom. The van der Waals surface area contributed by atoms with Crippen LogP contribution in [0.2, 0.25) is 0 Å². The molecule has 266 valence electrons. The zero-order valence-electron chi connectivity index (χ0n) is 31.1. The summed E-state index contributed by atoms with van der Waals surface area (Å²) < 4.78 is 6.33. The Morgan fingerprint density at radius 3 is 1.68 bits per heavy atom. The van der Waals surface area contributed by atoms with E-state index < -0.39 is 0 Å². The number of hydrogen-bond donors (Lipinski definition) is 0. The molecule has 0 fully saturated rings. The number of benzene rings is 7. The number of aromatic nitrogens is 2.